The molecule has 1 aliphatic heterocycles. The van der Waals surface area contributed by atoms with E-state index in [0.717, 1.165) is 10.2 Å². The SMILES string of the molecule is O=C1C=CC(=O)N1c1ccnc2ccsc12. The lowest BCUT2D eigenvalue weighted by Crippen LogP contribution is -2.29. The molecule has 0 bridgehead atoms. The van der Waals surface area contributed by atoms with Crippen molar-refractivity contribution in [2.45, 2.75) is 0 Å². The van der Waals surface area contributed by atoms with Gasteiger partial charge in [0.2, 0.25) is 0 Å². The van der Waals surface area contributed by atoms with Gasteiger partial charge < -0.3 is 0 Å². The molecule has 3 heterocycles. The Labute approximate surface area is 94.8 Å². The largest absolute Gasteiger partial charge is 0.269 e. The van der Waals surface area contributed by atoms with Crippen molar-refractivity contribution >= 4 is 39.1 Å². The Morgan fingerprint density at radius 2 is 1.88 bits per heavy atom. The summed E-state index contributed by atoms with van der Waals surface area (Å²) in [7, 11) is 0. The van der Waals surface area contributed by atoms with E-state index in [1.165, 1.54) is 28.4 Å². The maximum absolute atomic E-state index is 11.6. The molecule has 0 unspecified atom stereocenters. The van der Waals surface area contributed by atoms with E-state index in [9.17, 15) is 9.59 Å². The van der Waals surface area contributed by atoms with Crippen molar-refractivity contribution in [1.82, 2.24) is 4.98 Å². The van der Waals surface area contributed by atoms with Crippen LogP contribution in [0.1, 0.15) is 0 Å². The Hall–Kier alpha value is -2.01. The minimum Gasteiger partial charge on any atom is -0.269 e. The zero-order valence-corrected chi connectivity index (χ0v) is 8.90. The van der Waals surface area contributed by atoms with Crippen LogP contribution in [0.4, 0.5) is 5.69 Å². The first-order valence-electron chi connectivity index (χ1n) is 4.66. The van der Waals surface area contributed by atoms with Crippen molar-refractivity contribution in [3.63, 3.8) is 0 Å². The number of fused-ring (bicyclic) bond motifs is 1. The third-order valence-corrected chi connectivity index (χ3v) is 3.30. The fourth-order valence-electron chi connectivity index (χ4n) is 1.67. The summed E-state index contributed by atoms with van der Waals surface area (Å²) in [6.07, 6.45) is 4.16. The second kappa shape index (κ2) is 3.24. The van der Waals surface area contributed by atoms with Crippen molar-refractivity contribution in [3.05, 3.63) is 35.9 Å². The van der Waals surface area contributed by atoms with Crippen LogP contribution in [0.25, 0.3) is 10.2 Å². The highest BCUT2D eigenvalue weighted by atomic mass is 32.1. The van der Waals surface area contributed by atoms with Crippen LogP contribution in [-0.2, 0) is 9.59 Å². The lowest BCUT2D eigenvalue weighted by molar-refractivity contribution is -0.119. The van der Waals surface area contributed by atoms with Crippen molar-refractivity contribution < 1.29 is 9.59 Å². The van der Waals surface area contributed by atoms with E-state index >= 15 is 0 Å². The summed E-state index contributed by atoms with van der Waals surface area (Å²) in [5.74, 6) is -0.600. The van der Waals surface area contributed by atoms with E-state index in [1.807, 2.05) is 11.4 Å². The maximum Gasteiger partial charge on any atom is 0.258 e. The molecule has 2 aromatic heterocycles. The van der Waals surface area contributed by atoms with E-state index < -0.39 is 0 Å². The maximum atomic E-state index is 11.6. The minimum atomic E-state index is -0.300. The predicted octanol–water partition coefficient (Wildman–Crippen LogP) is 1.73. The van der Waals surface area contributed by atoms with Crippen molar-refractivity contribution in [2.24, 2.45) is 0 Å². The van der Waals surface area contributed by atoms with E-state index in [4.69, 9.17) is 0 Å². The number of rotatable bonds is 1. The van der Waals surface area contributed by atoms with E-state index in [2.05, 4.69) is 4.98 Å². The highest BCUT2D eigenvalue weighted by molar-refractivity contribution is 7.17. The highest BCUT2D eigenvalue weighted by Crippen LogP contribution is 2.31. The normalized spacial score (nSPS) is 15.4. The molecule has 0 aromatic carbocycles. The van der Waals surface area contributed by atoms with Gasteiger partial charge in [0, 0.05) is 18.3 Å². The van der Waals surface area contributed by atoms with Gasteiger partial charge in [0.15, 0.2) is 0 Å². The number of hydrogen-bond acceptors (Lipinski definition) is 4. The topological polar surface area (TPSA) is 50.3 Å². The smallest absolute Gasteiger partial charge is 0.258 e. The summed E-state index contributed by atoms with van der Waals surface area (Å²) < 4.78 is 0.855. The van der Waals surface area contributed by atoms with Gasteiger partial charge in [0.05, 0.1) is 15.9 Å². The number of anilines is 1. The molecule has 4 nitrogen and oxygen atoms in total. The Morgan fingerprint density at radius 1 is 1.12 bits per heavy atom. The quantitative estimate of drug-likeness (QED) is 0.701. The molecule has 1 aliphatic rings. The average molecular weight is 230 g/mol. The number of amides is 2. The van der Waals surface area contributed by atoms with Gasteiger partial charge in [-0.15, -0.1) is 11.3 Å². The number of hydrogen-bond donors (Lipinski definition) is 0. The molecule has 0 spiro atoms. The number of carbonyl (C=O) groups excluding carboxylic acids is 2. The van der Waals surface area contributed by atoms with Crippen LogP contribution in [0.15, 0.2) is 35.9 Å². The van der Waals surface area contributed by atoms with Crippen LogP contribution in [0.5, 0.6) is 0 Å². The summed E-state index contributed by atoms with van der Waals surface area (Å²) in [5, 5.41) is 1.89. The standard InChI is InChI=1S/C11H6N2O2S/c14-9-1-2-10(15)13(9)8-3-5-12-7-4-6-16-11(7)8/h1-6H. The van der Waals surface area contributed by atoms with Crippen molar-refractivity contribution in [1.29, 1.82) is 0 Å². The third-order valence-electron chi connectivity index (χ3n) is 2.37. The van der Waals surface area contributed by atoms with Crippen LogP contribution >= 0.6 is 11.3 Å². The van der Waals surface area contributed by atoms with Gasteiger partial charge in [0.25, 0.3) is 11.8 Å². The van der Waals surface area contributed by atoms with Gasteiger partial charge in [-0.1, -0.05) is 0 Å². The molecule has 78 valence electrons. The Morgan fingerprint density at radius 3 is 2.62 bits per heavy atom. The minimum absolute atomic E-state index is 0.300. The van der Waals surface area contributed by atoms with Crippen LogP contribution in [0, 0.1) is 0 Å². The van der Waals surface area contributed by atoms with E-state index in [1.54, 1.807) is 12.3 Å². The number of thiophene rings is 1. The summed E-state index contributed by atoms with van der Waals surface area (Å²) >= 11 is 1.47. The van der Waals surface area contributed by atoms with Crippen LogP contribution in [0.2, 0.25) is 0 Å². The number of pyridine rings is 1. The summed E-state index contributed by atoms with van der Waals surface area (Å²) in [4.78, 5) is 28.4. The van der Waals surface area contributed by atoms with Gasteiger partial charge >= 0.3 is 0 Å². The molecular formula is C11H6N2O2S. The molecule has 2 amide bonds. The molecule has 0 fully saturated rings. The number of imide groups is 1. The number of carbonyl (C=O) groups is 2. The highest BCUT2D eigenvalue weighted by Gasteiger charge is 2.26. The van der Waals surface area contributed by atoms with Crippen LogP contribution < -0.4 is 4.90 Å². The van der Waals surface area contributed by atoms with E-state index in [-0.39, 0.29) is 11.8 Å². The Bertz CT molecular complexity index is 612. The first-order chi connectivity index (χ1) is 7.77. The van der Waals surface area contributed by atoms with Gasteiger partial charge in [-0.3, -0.25) is 14.6 Å². The number of aromatic nitrogens is 1. The molecule has 0 radical (unpaired) electrons. The molecule has 0 saturated heterocycles. The lowest BCUT2D eigenvalue weighted by atomic mass is 10.3. The summed E-state index contributed by atoms with van der Waals surface area (Å²) in [6, 6.07) is 3.55. The van der Waals surface area contributed by atoms with Crippen LogP contribution in [0.3, 0.4) is 0 Å². The molecule has 0 atom stereocenters. The molecule has 0 aliphatic carbocycles. The van der Waals surface area contributed by atoms with Gasteiger partial charge in [-0.2, -0.15) is 0 Å². The van der Waals surface area contributed by atoms with Crippen molar-refractivity contribution in [2.75, 3.05) is 4.90 Å². The summed E-state index contributed by atoms with van der Waals surface area (Å²) in [6.45, 7) is 0. The zero-order chi connectivity index (χ0) is 11.1. The fourth-order valence-corrected chi connectivity index (χ4v) is 2.53. The second-order valence-corrected chi connectivity index (χ2v) is 4.23. The molecule has 5 heteroatoms. The van der Waals surface area contributed by atoms with E-state index in [0.29, 0.717) is 5.69 Å². The third kappa shape index (κ3) is 1.18. The predicted molar refractivity (Wildman–Crippen MR) is 61.3 cm³/mol. The first kappa shape index (κ1) is 9.23. The lowest BCUT2D eigenvalue weighted by Gasteiger charge is -2.13. The Kier molecular flexibility index (Phi) is 1.87. The summed E-state index contributed by atoms with van der Waals surface area (Å²) in [5.41, 5.74) is 1.41. The fraction of sp³-hybridized carbons (Fsp3) is 0. The molecule has 2 aromatic rings. The molecule has 3 rings (SSSR count). The van der Waals surface area contributed by atoms with Gasteiger partial charge in [-0.25, -0.2) is 4.90 Å². The monoisotopic (exact) mass is 230 g/mol. The average Bonchev–Trinajstić information content (AvgIpc) is 2.86. The number of nitrogens with zero attached hydrogens (tertiary/aromatic N) is 2. The van der Waals surface area contributed by atoms with Crippen molar-refractivity contribution in [3.8, 4) is 0 Å². The molecule has 0 N–H and O–H groups in total. The van der Waals surface area contributed by atoms with Gasteiger partial charge in [0.1, 0.15) is 0 Å². The Balaban J connectivity index is 2.23. The molecule has 16 heavy (non-hydrogen) atoms. The molecule has 0 saturated carbocycles. The second-order valence-electron chi connectivity index (χ2n) is 3.31. The zero-order valence-electron chi connectivity index (χ0n) is 8.08. The van der Waals surface area contributed by atoms with Crippen LogP contribution in [-0.4, -0.2) is 16.8 Å². The first-order valence-corrected chi connectivity index (χ1v) is 5.54. The molecular weight excluding hydrogens is 224 g/mol. The van der Waals surface area contributed by atoms with Gasteiger partial charge in [-0.05, 0) is 17.5 Å².